The van der Waals surface area contributed by atoms with E-state index in [0.29, 0.717) is 6.04 Å². The first kappa shape index (κ1) is 12.0. The van der Waals surface area contributed by atoms with Gasteiger partial charge in [-0.15, -0.1) is 11.6 Å². The number of rotatable bonds is 1. The average molecular weight is 268 g/mol. The van der Waals surface area contributed by atoms with E-state index in [1.807, 2.05) is 4.90 Å². The number of hydrogen-bond donors (Lipinski definition) is 0. The van der Waals surface area contributed by atoms with E-state index in [1.165, 1.54) is 12.1 Å². The van der Waals surface area contributed by atoms with Gasteiger partial charge in [0.1, 0.15) is 11.2 Å². The first-order valence-electron chi connectivity index (χ1n) is 6.38. The second-order valence-corrected chi connectivity index (χ2v) is 5.62. The Morgan fingerprint density at radius 2 is 1.78 bits per heavy atom. The molecule has 0 saturated carbocycles. The van der Waals surface area contributed by atoms with Crippen molar-refractivity contribution in [3.63, 3.8) is 0 Å². The molecule has 0 aliphatic carbocycles. The van der Waals surface area contributed by atoms with Crippen LogP contribution in [0.1, 0.15) is 37.3 Å². The van der Waals surface area contributed by atoms with Gasteiger partial charge in [-0.25, -0.2) is 4.39 Å². The Labute approximate surface area is 111 Å². The predicted molar refractivity (Wildman–Crippen MR) is 67.9 cm³/mol. The molecule has 0 aromatic heterocycles. The number of carbonyl (C=O) groups is 1. The minimum Gasteiger partial charge on any atom is -0.331 e. The van der Waals surface area contributed by atoms with Gasteiger partial charge in [-0.2, -0.15) is 0 Å². The Morgan fingerprint density at radius 3 is 2.50 bits per heavy atom. The number of hydrogen-bond acceptors (Lipinski definition) is 1. The van der Waals surface area contributed by atoms with E-state index in [-0.39, 0.29) is 23.1 Å². The molecule has 1 aromatic rings. The summed E-state index contributed by atoms with van der Waals surface area (Å²) in [4.78, 5) is 14.1. The monoisotopic (exact) mass is 267 g/mol. The van der Waals surface area contributed by atoms with Crippen LogP contribution in [-0.4, -0.2) is 22.2 Å². The van der Waals surface area contributed by atoms with E-state index in [2.05, 4.69) is 0 Å². The summed E-state index contributed by atoms with van der Waals surface area (Å²) in [5.41, 5.74) is 1.01. The van der Waals surface area contributed by atoms with Crippen LogP contribution in [0.3, 0.4) is 0 Å². The van der Waals surface area contributed by atoms with Gasteiger partial charge in [-0.3, -0.25) is 4.79 Å². The number of halogens is 2. The smallest absolute Gasteiger partial charge is 0.241 e. The molecule has 96 valence electrons. The number of carbonyl (C=O) groups excluding carboxylic acids is 1. The van der Waals surface area contributed by atoms with Crippen molar-refractivity contribution in [2.75, 3.05) is 0 Å². The van der Waals surface area contributed by atoms with Gasteiger partial charge >= 0.3 is 0 Å². The standard InChI is InChI=1S/C14H15ClFNO/c15-12-7-5-11-6-8-13(17(11)14(12)18)9-1-3-10(16)4-2-9/h1-4,11-13H,5-8H2/t11?,12?,13-/m0/s1. The van der Waals surface area contributed by atoms with Crippen LogP contribution in [0.25, 0.3) is 0 Å². The number of alkyl halides is 1. The van der Waals surface area contributed by atoms with Crippen molar-refractivity contribution < 1.29 is 9.18 Å². The van der Waals surface area contributed by atoms with Crippen molar-refractivity contribution in [1.29, 1.82) is 0 Å². The highest BCUT2D eigenvalue weighted by Gasteiger charge is 2.42. The Morgan fingerprint density at radius 1 is 1.11 bits per heavy atom. The van der Waals surface area contributed by atoms with Crippen molar-refractivity contribution >= 4 is 17.5 Å². The zero-order valence-corrected chi connectivity index (χ0v) is 10.7. The summed E-state index contributed by atoms with van der Waals surface area (Å²) in [5, 5.41) is -0.387. The lowest BCUT2D eigenvalue weighted by atomic mass is 10.0. The SMILES string of the molecule is O=C1C(Cl)CCC2CC[C@@H](c3ccc(F)cc3)N12. The Hall–Kier alpha value is -1.09. The van der Waals surface area contributed by atoms with Crippen LogP contribution in [0.2, 0.25) is 0 Å². The molecule has 4 heteroatoms. The summed E-state index contributed by atoms with van der Waals surface area (Å²) in [7, 11) is 0. The van der Waals surface area contributed by atoms with E-state index in [1.54, 1.807) is 12.1 Å². The van der Waals surface area contributed by atoms with Crippen LogP contribution in [0.5, 0.6) is 0 Å². The Balaban J connectivity index is 1.89. The van der Waals surface area contributed by atoms with Crippen LogP contribution in [0, 0.1) is 5.82 Å². The molecule has 3 atom stereocenters. The van der Waals surface area contributed by atoms with Gasteiger partial charge in [-0.1, -0.05) is 12.1 Å². The molecule has 0 spiro atoms. The molecule has 1 amide bonds. The fourth-order valence-corrected chi connectivity index (χ4v) is 3.37. The van der Waals surface area contributed by atoms with Gasteiger partial charge in [0.2, 0.25) is 5.91 Å². The van der Waals surface area contributed by atoms with E-state index < -0.39 is 0 Å². The quantitative estimate of drug-likeness (QED) is 0.715. The van der Waals surface area contributed by atoms with Crippen molar-refractivity contribution in [1.82, 2.24) is 4.90 Å². The highest BCUT2D eigenvalue weighted by molar-refractivity contribution is 6.30. The lowest BCUT2D eigenvalue weighted by molar-refractivity contribution is -0.136. The largest absolute Gasteiger partial charge is 0.331 e. The minimum atomic E-state index is -0.387. The summed E-state index contributed by atoms with van der Waals surface area (Å²) in [6.07, 6.45) is 3.73. The summed E-state index contributed by atoms with van der Waals surface area (Å²) < 4.78 is 12.9. The summed E-state index contributed by atoms with van der Waals surface area (Å²) >= 11 is 6.06. The Bertz CT molecular complexity index is 461. The second kappa shape index (κ2) is 4.54. The van der Waals surface area contributed by atoms with Crippen molar-refractivity contribution in [3.8, 4) is 0 Å². The highest BCUT2D eigenvalue weighted by atomic mass is 35.5. The summed E-state index contributed by atoms with van der Waals surface area (Å²) in [6, 6.07) is 6.85. The zero-order chi connectivity index (χ0) is 12.7. The van der Waals surface area contributed by atoms with Gasteiger partial charge in [0.05, 0.1) is 6.04 Å². The summed E-state index contributed by atoms with van der Waals surface area (Å²) in [5.74, 6) is -0.201. The fourth-order valence-electron chi connectivity index (χ4n) is 3.14. The van der Waals surface area contributed by atoms with E-state index in [4.69, 9.17) is 11.6 Å². The maximum atomic E-state index is 12.9. The van der Waals surface area contributed by atoms with Crippen LogP contribution >= 0.6 is 11.6 Å². The third kappa shape index (κ3) is 1.91. The van der Waals surface area contributed by atoms with Crippen molar-refractivity contribution in [2.45, 2.75) is 43.1 Å². The molecule has 18 heavy (non-hydrogen) atoms. The van der Waals surface area contributed by atoms with Crippen LogP contribution in [-0.2, 0) is 4.79 Å². The molecule has 1 aromatic carbocycles. The molecule has 2 aliphatic heterocycles. The van der Waals surface area contributed by atoms with Crippen molar-refractivity contribution in [3.05, 3.63) is 35.6 Å². The molecule has 2 saturated heterocycles. The molecule has 0 bridgehead atoms. The molecule has 0 N–H and O–H groups in total. The van der Waals surface area contributed by atoms with Crippen LogP contribution in [0.15, 0.2) is 24.3 Å². The van der Waals surface area contributed by atoms with Crippen molar-refractivity contribution in [2.24, 2.45) is 0 Å². The molecule has 2 nitrogen and oxygen atoms in total. The van der Waals surface area contributed by atoms with E-state index in [9.17, 15) is 9.18 Å². The van der Waals surface area contributed by atoms with Gasteiger partial charge in [0, 0.05) is 6.04 Å². The number of nitrogens with zero attached hydrogens (tertiary/aromatic N) is 1. The van der Waals surface area contributed by atoms with Gasteiger partial charge < -0.3 is 4.90 Å². The first-order valence-corrected chi connectivity index (χ1v) is 6.82. The van der Waals surface area contributed by atoms with Crippen LogP contribution < -0.4 is 0 Å². The third-order valence-electron chi connectivity index (χ3n) is 4.03. The number of amides is 1. The van der Waals surface area contributed by atoms with Crippen LogP contribution in [0.4, 0.5) is 4.39 Å². The lowest BCUT2D eigenvalue weighted by Crippen LogP contribution is -2.46. The van der Waals surface area contributed by atoms with Gasteiger partial charge in [0.15, 0.2) is 0 Å². The predicted octanol–water partition coefficient (Wildman–Crippen LogP) is 3.26. The maximum Gasteiger partial charge on any atom is 0.241 e. The topological polar surface area (TPSA) is 20.3 Å². The zero-order valence-electron chi connectivity index (χ0n) is 9.98. The summed E-state index contributed by atoms with van der Waals surface area (Å²) in [6.45, 7) is 0. The molecule has 0 radical (unpaired) electrons. The average Bonchev–Trinajstić information content (AvgIpc) is 2.79. The molecule has 2 fully saturated rings. The van der Waals surface area contributed by atoms with Gasteiger partial charge in [-0.05, 0) is 43.4 Å². The molecule has 2 aliphatic rings. The first-order chi connectivity index (χ1) is 8.66. The van der Waals surface area contributed by atoms with E-state index in [0.717, 1.165) is 31.2 Å². The third-order valence-corrected chi connectivity index (χ3v) is 4.44. The molecule has 2 unspecified atom stereocenters. The molecule has 3 rings (SSSR count). The number of piperidine rings is 1. The normalized spacial score (nSPS) is 31.6. The maximum absolute atomic E-state index is 12.9. The van der Waals surface area contributed by atoms with E-state index >= 15 is 0 Å². The molecule has 2 heterocycles. The minimum absolute atomic E-state index is 0.0414. The number of fused-ring (bicyclic) bond motifs is 1. The lowest BCUT2D eigenvalue weighted by Gasteiger charge is -2.36. The fraction of sp³-hybridized carbons (Fsp3) is 0.500. The van der Waals surface area contributed by atoms with Gasteiger partial charge in [0.25, 0.3) is 0 Å². The number of benzene rings is 1. The Kier molecular flexibility index (Phi) is 3.02. The highest BCUT2D eigenvalue weighted by Crippen LogP contribution is 2.41. The second-order valence-electron chi connectivity index (χ2n) is 5.09. The molecular weight excluding hydrogens is 253 g/mol. The molecular formula is C14H15ClFNO.